The number of nitrogens with zero attached hydrogens (tertiary/aromatic N) is 1. The maximum atomic E-state index is 12.1. The minimum atomic E-state index is 0.0435. The fraction of sp³-hybridized carbons (Fsp3) is 0.308. The van der Waals surface area contributed by atoms with E-state index in [1.54, 1.807) is 11.7 Å². The molecule has 0 saturated heterocycles. The molecule has 0 bridgehead atoms. The van der Waals surface area contributed by atoms with E-state index in [0.717, 1.165) is 22.1 Å². The maximum Gasteiger partial charge on any atom is 0.258 e. The number of methoxy groups -OCH3 is 1. The van der Waals surface area contributed by atoms with Crippen LogP contribution in [-0.4, -0.2) is 11.7 Å². The summed E-state index contributed by atoms with van der Waals surface area (Å²) in [7, 11) is 1.62. The Bertz CT molecular complexity index is 584. The molecule has 84 valence electrons. The molecule has 0 fully saturated rings. The standard InChI is InChI=1S/C13H15NO2/c1-4-14-8-9(2)12-10(13(14)15)6-5-7-11(12)16-3/h5-8H,4H2,1-3H3. The SMILES string of the molecule is CCn1cc(C)c2c(OC)cccc2c1=O. The van der Waals surface area contributed by atoms with Gasteiger partial charge >= 0.3 is 0 Å². The molecule has 2 aromatic rings. The second-order valence-electron chi connectivity index (χ2n) is 3.79. The molecule has 0 spiro atoms. The van der Waals surface area contributed by atoms with E-state index < -0.39 is 0 Å². The third-order valence-corrected chi connectivity index (χ3v) is 2.82. The van der Waals surface area contributed by atoms with Crippen molar-refractivity contribution in [3.63, 3.8) is 0 Å². The lowest BCUT2D eigenvalue weighted by Gasteiger charge is -2.10. The van der Waals surface area contributed by atoms with Gasteiger partial charge in [-0.05, 0) is 31.5 Å². The molecule has 0 N–H and O–H groups in total. The molecule has 0 saturated carbocycles. The van der Waals surface area contributed by atoms with Crippen LogP contribution in [0, 0.1) is 6.92 Å². The number of rotatable bonds is 2. The van der Waals surface area contributed by atoms with E-state index in [1.165, 1.54) is 0 Å². The zero-order valence-corrected chi connectivity index (χ0v) is 9.78. The average molecular weight is 217 g/mol. The molecule has 0 aliphatic carbocycles. The van der Waals surface area contributed by atoms with E-state index in [0.29, 0.717) is 6.54 Å². The van der Waals surface area contributed by atoms with Gasteiger partial charge in [0.15, 0.2) is 0 Å². The van der Waals surface area contributed by atoms with Crippen molar-refractivity contribution in [1.29, 1.82) is 0 Å². The minimum Gasteiger partial charge on any atom is -0.496 e. The van der Waals surface area contributed by atoms with Gasteiger partial charge in [-0.2, -0.15) is 0 Å². The van der Waals surface area contributed by atoms with Crippen molar-refractivity contribution in [2.45, 2.75) is 20.4 Å². The van der Waals surface area contributed by atoms with Crippen LogP contribution in [0.25, 0.3) is 10.8 Å². The Morgan fingerprint density at radius 3 is 2.75 bits per heavy atom. The Morgan fingerprint density at radius 1 is 1.38 bits per heavy atom. The summed E-state index contributed by atoms with van der Waals surface area (Å²) in [6.45, 7) is 4.65. The van der Waals surface area contributed by atoms with Crippen LogP contribution < -0.4 is 10.3 Å². The summed E-state index contributed by atoms with van der Waals surface area (Å²) in [6.07, 6.45) is 1.88. The molecule has 3 heteroatoms. The summed E-state index contributed by atoms with van der Waals surface area (Å²) < 4.78 is 7.01. The van der Waals surface area contributed by atoms with E-state index in [-0.39, 0.29) is 5.56 Å². The number of pyridine rings is 1. The van der Waals surface area contributed by atoms with Crippen molar-refractivity contribution in [2.75, 3.05) is 7.11 Å². The van der Waals surface area contributed by atoms with Crippen LogP contribution >= 0.6 is 0 Å². The third-order valence-electron chi connectivity index (χ3n) is 2.82. The quantitative estimate of drug-likeness (QED) is 0.773. The van der Waals surface area contributed by atoms with Crippen LogP contribution in [0.15, 0.2) is 29.2 Å². The van der Waals surface area contributed by atoms with Crippen molar-refractivity contribution in [1.82, 2.24) is 4.57 Å². The molecule has 3 nitrogen and oxygen atoms in total. The Kier molecular flexibility index (Phi) is 2.69. The van der Waals surface area contributed by atoms with Gasteiger partial charge in [-0.1, -0.05) is 6.07 Å². The molecule has 0 radical (unpaired) electrons. The fourth-order valence-corrected chi connectivity index (χ4v) is 2.03. The number of benzene rings is 1. The van der Waals surface area contributed by atoms with Crippen molar-refractivity contribution in [3.05, 3.63) is 40.3 Å². The van der Waals surface area contributed by atoms with Crippen molar-refractivity contribution < 1.29 is 4.74 Å². The number of hydrogen-bond acceptors (Lipinski definition) is 2. The number of aromatic nitrogens is 1. The smallest absolute Gasteiger partial charge is 0.258 e. The predicted octanol–water partition coefficient (Wildman–Crippen LogP) is 2.34. The van der Waals surface area contributed by atoms with Gasteiger partial charge in [0.1, 0.15) is 5.75 Å². The predicted molar refractivity (Wildman–Crippen MR) is 65.2 cm³/mol. The van der Waals surface area contributed by atoms with Crippen LogP contribution in [0.4, 0.5) is 0 Å². The zero-order valence-electron chi connectivity index (χ0n) is 9.78. The highest BCUT2D eigenvalue weighted by Gasteiger charge is 2.09. The Hall–Kier alpha value is -1.77. The van der Waals surface area contributed by atoms with Crippen molar-refractivity contribution >= 4 is 10.8 Å². The molecule has 0 aliphatic rings. The summed E-state index contributed by atoms with van der Waals surface area (Å²) in [5, 5.41) is 1.64. The van der Waals surface area contributed by atoms with Gasteiger partial charge in [-0.3, -0.25) is 4.79 Å². The van der Waals surface area contributed by atoms with E-state index >= 15 is 0 Å². The molecule has 0 atom stereocenters. The molecule has 1 aromatic carbocycles. The van der Waals surface area contributed by atoms with Crippen LogP contribution in [0.3, 0.4) is 0 Å². The second kappa shape index (κ2) is 4.00. The first kappa shape index (κ1) is 10.7. The topological polar surface area (TPSA) is 31.2 Å². The van der Waals surface area contributed by atoms with Gasteiger partial charge in [0.25, 0.3) is 5.56 Å². The monoisotopic (exact) mass is 217 g/mol. The maximum absolute atomic E-state index is 12.1. The summed E-state index contributed by atoms with van der Waals surface area (Å²) in [5.41, 5.74) is 1.11. The zero-order chi connectivity index (χ0) is 11.7. The van der Waals surface area contributed by atoms with E-state index in [2.05, 4.69) is 0 Å². The Labute approximate surface area is 94.3 Å². The molecule has 16 heavy (non-hydrogen) atoms. The lowest BCUT2D eigenvalue weighted by Crippen LogP contribution is -2.19. The van der Waals surface area contributed by atoms with Gasteiger partial charge in [0.05, 0.1) is 12.5 Å². The molecule has 1 aromatic heterocycles. The van der Waals surface area contributed by atoms with Crippen LogP contribution in [-0.2, 0) is 6.54 Å². The first-order valence-electron chi connectivity index (χ1n) is 5.35. The van der Waals surface area contributed by atoms with Crippen molar-refractivity contribution in [2.24, 2.45) is 0 Å². The van der Waals surface area contributed by atoms with Gasteiger partial charge in [-0.15, -0.1) is 0 Å². The normalized spacial score (nSPS) is 10.7. The van der Waals surface area contributed by atoms with E-state index in [4.69, 9.17) is 4.74 Å². The molecule has 0 aliphatic heterocycles. The van der Waals surface area contributed by atoms with Gasteiger partial charge < -0.3 is 9.30 Å². The van der Waals surface area contributed by atoms with Gasteiger partial charge in [-0.25, -0.2) is 0 Å². The highest BCUT2D eigenvalue weighted by Crippen LogP contribution is 2.25. The first-order chi connectivity index (χ1) is 7.69. The fourth-order valence-electron chi connectivity index (χ4n) is 2.03. The second-order valence-corrected chi connectivity index (χ2v) is 3.79. The molecular weight excluding hydrogens is 202 g/mol. The molecule has 0 amide bonds. The first-order valence-corrected chi connectivity index (χ1v) is 5.35. The molecule has 0 unspecified atom stereocenters. The van der Waals surface area contributed by atoms with Gasteiger partial charge in [0.2, 0.25) is 0 Å². The van der Waals surface area contributed by atoms with E-state index in [1.807, 2.05) is 38.2 Å². The van der Waals surface area contributed by atoms with E-state index in [9.17, 15) is 4.79 Å². The van der Waals surface area contributed by atoms with Crippen LogP contribution in [0.2, 0.25) is 0 Å². The summed E-state index contributed by atoms with van der Waals surface area (Å²) in [6, 6.07) is 5.58. The minimum absolute atomic E-state index is 0.0435. The molecule has 2 rings (SSSR count). The van der Waals surface area contributed by atoms with Crippen LogP contribution in [0.5, 0.6) is 5.75 Å². The summed E-state index contributed by atoms with van der Waals surface area (Å²) >= 11 is 0. The summed E-state index contributed by atoms with van der Waals surface area (Å²) in [5.74, 6) is 0.760. The lowest BCUT2D eigenvalue weighted by atomic mass is 10.1. The lowest BCUT2D eigenvalue weighted by molar-refractivity contribution is 0.419. The number of ether oxygens (including phenoxy) is 1. The number of fused-ring (bicyclic) bond motifs is 1. The third kappa shape index (κ3) is 1.48. The Balaban J connectivity index is 2.95. The van der Waals surface area contributed by atoms with Crippen LogP contribution in [0.1, 0.15) is 12.5 Å². The molecular formula is C13H15NO2. The number of hydrogen-bond donors (Lipinski definition) is 0. The summed E-state index contributed by atoms with van der Waals surface area (Å²) in [4.78, 5) is 12.1. The Morgan fingerprint density at radius 2 is 2.12 bits per heavy atom. The largest absolute Gasteiger partial charge is 0.496 e. The molecule has 1 heterocycles. The highest BCUT2D eigenvalue weighted by atomic mass is 16.5. The number of aryl methyl sites for hydroxylation is 2. The average Bonchev–Trinajstić information content (AvgIpc) is 2.32. The van der Waals surface area contributed by atoms with Gasteiger partial charge in [0, 0.05) is 18.1 Å². The highest BCUT2D eigenvalue weighted by molar-refractivity contribution is 5.90. The van der Waals surface area contributed by atoms with Crippen molar-refractivity contribution in [3.8, 4) is 5.75 Å².